The van der Waals surface area contributed by atoms with Gasteiger partial charge < -0.3 is 15.3 Å². The number of nitrogens with zero attached hydrogens (tertiary/aromatic N) is 1. The second kappa shape index (κ2) is 9.00. The molecular weight excluding hydrogens is 280 g/mol. The van der Waals surface area contributed by atoms with E-state index in [1.807, 2.05) is 24.3 Å². The Labute approximate surface area is 131 Å². The van der Waals surface area contributed by atoms with Crippen molar-refractivity contribution in [2.24, 2.45) is 0 Å². The van der Waals surface area contributed by atoms with Crippen molar-refractivity contribution < 1.29 is 14.7 Å². The third kappa shape index (κ3) is 6.10. The lowest BCUT2D eigenvalue weighted by atomic mass is 10.1. The molecule has 0 aliphatic carbocycles. The van der Waals surface area contributed by atoms with Crippen LogP contribution in [0.15, 0.2) is 30.3 Å². The van der Waals surface area contributed by atoms with E-state index in [1.165, 1.54) is 0 Å². The summed E-state index contributed by atoms with van der Waals surface area (Å²) >= 11 is 0. The number of carbonyl (C=O) groups is 2. The Kier molecular flexibility index (Phi) is 7.32. The van der Waals surface area contributed by atoms with E-state index in [-0.39, 0.29) is 24.5 Å². The lowest BCUT2D eigenvalue weighted by molar-refractivity contribution is -0.128. The van der Waals surface area contributed by atoms with Crippen molar-refractivity contribution in [1.29, 1.82) is 0 Å². The van der Waals surface area contributed by atoms with Crippen LogP contribution in [0.2, 0.25) is 0 Å². The fraction of sp³-hybridized carbons (Fsp3) is 0.412. The first kappa shape index (κ1) is 17.9. The van der Waals surface area contributed by atoms with Crippen molar-refractivity contribution in [2.45, 2.75) is 25.8 Å². The van der Waals surface area contributed by atoms with Crippen LogP contribution in [0.5, 0.6) is 0 Å². The smallest absolute Gasteiger partial charge is 0.251 e. The second-order valence-electron chi connectivity index (χ2n) is 5.41. The predicted molar refractivity (Wildman–Crippen MR) is 87.4 cm³/mol. The van der Waals surface area contributed by atoms with E-state index in [4.69, 9.17) is 5.11 Å². The number of allylic oxidation sites excluding steroid dienone is 1. The van der Waals surface area contributed by atoms with Crippen LogP contribution in [0.3, 0.4) is 0 Å². The Morgan fingerprint density at radius 2 is 2.09 bits per heavy atom. The van der Waals surface area contributed by atoms with E-state index in [2.05, 4.69) is 5.32 Å². The SMILES string of the molecule is CC(CO)NC(=O)c1cccc(/C=C/CCC(=O)N(C)C)c1. The summed E-state index contributed by atoms with van der Waals surface area (Å²) in [4.78, 5) is 25.0. The summed E-state index contributed by atoms with van der Waals surface area (Å²) in [7, 11) is 3.48. The van der Waals surface area contributed by atoms with Crippen LogP contribution in [0, 0.1) is 0 Å². The maximum Gasteiger partial charge on any atom is 0.251 e. The highest BCUT2D eigenvalue weighted by atomic mass is 16.3. The van der Waals surface area contributed by atoms with Crippen molar-refractivity contribution in [2.75, 3.05) is 20.7 Å². The van der Waals surface area contributed by atoms with Gasteiger partial charge in [0.2, 0.25) is 5.91 Å². The normalized spacial score (nSPS) is 12.2. The summed E-state index contributed by atoms with van der Waals surface area (Å²) in [5.74, 6) is -0.115. The minimum Gasteiger partial charge on any atom is -0.394 e. The molecule has 0 radical (unpaired) electrons. The molecule has 120 valence electrons. The molecule has 0 heterocycles. The van der Waals surface area contributed by atoms with Crippen LogP contribution in [0.4, 0.5) is 0 Å². The molecule has 0 aliphatic heterocycles. The van der Waals surface area contributed by atoms with E-state index in [0.717, 1.165) is 5.56 Å². The van der Waals surface area contributed by atoms with Gasteiger partial charge in [0, 0.05) is 32.1 Å². The molecule has 0 saturated carbocycles. The Morgan fingerprint density at radius 3 is 2.73 bits per heavy atom. The standard InChI is InChI=1S/C17H24N2O3/c1-13(12-20)18-17(22)15-9-6-8-14(11-15)7-4-5-10-16(21)19(2)3/h4,6-9,11,13,20H,5,10,12H2,1-3H3,(H,18,22)/b7-4+. The maximum atomic E-state index is 12.0. The van der Waals surface area contributed by atoms with Crippen molar-refractivity contribution in [3.05, 3.63) is 41.5 Å². The quantitative estimate of drug-likeness (QED) is 0.805. The second-order valence-corrected chi connectivity index (χ2v) is 5.41. The van der Waals surface area contributed by atoms with Crippen molar-refractivity contribution in [3.63, 3.8) is 0 Å². The fourth-order valence-corrected chi connectivity index (χ4v) is 1.79. The molecule has 1 rings (SSSR count). The third-order valence-corrected chi connectivity index (χ3v) is 3.13. The van der Waals surface area contributed by atoms with Crippen LogP contribution >= 0.6 is 0 Å². The Hall–Kier alpha value is -2.14. The molecule has 22 heavy (non-hydrogen) atoms. The topological polar surface area (TPSA) is 69.6 Å². The van der Waals surface area contributed by atoms with Gasteiger partial charge in [0.05, 0.1) is 6.61 Å². The molecule has 0 aliphatic rings. The number of carbonyl (C=O) groups excluding carboxylic acids is 2. The Morgan fingerprint density at radius 1 is 1.36 bits per heavy atom. The van der Waals surface area contributed by atoms with Gasteiger partial charge in [-0.25, -0.2) is 0 Å². The molecule has 1 unspecified atom stereocenters. The van der Waals surface area contributed by atoms with Gasteiger partial charge in [-0.3, -0.25) is 9.59 Å². The number of aliphatic hydroxyl groups excluding tert-OH is 1. The first-order chi connectivity index (χ1) is 10.4. The summed E-state index contributed by atoms with van der Waals surface area (Å²) in [5.41, 5.74) is 1.45. The van der Waals surface area contributed by atoms with Gasteiger partial charge >= 0.3 is 0 Å². The molecule has 2 amide bonds. The van der Waals surface area contributed by atoms with Crippen LogP contribution < -0.4 is 5.32 Å². The molecule has 1 aromatic carbocycles. The third-order valence-electron chi connectivity index (χ3n) is 3.13. The number of rotatable bonds is 7. The number of benzene rings is 1. The van der Waals surface area contributed by atoms with Gasteiger partial charge in [-0.05, 0) is 31.0 Å². The average Bonchev–Trinajstić information content (AvgIpc) is 2.51. The van der Waals surface area contributed by atoms with E-state index < -0.39 is 0 Å². The molecule has 0 fully saturated rings. The van der Waals surface area contributed by atoms with Crippen LogP contribution in [0.1, 0.15) is 35.7 Å². The van der Waals surface area contributed by atoms with Crippen LogP contribution in [-0.2, 0) is 4.79 Å². The lowest BCUT2D eigenvalue weighted by Crippen LogP contribution is -2.34. The van der Waals surface area contributed by atoms with Crippen LogP contribution in [-0.4, -0.2) is 48.6 Å². The van der Waals surface area contributed by atoms with Gasteiger partial charge in [-0.1, -0.05) is 24.3 Å². The van der Waals surface area contributed by atoms with Crippen molar-refractivity contribution >= 4 is 17.9 Å². The number of hydrogen-bond donors (Lipinski definition) is 2. The molecule has 5 heteroatoms. The number of nitrogens with one attached hydrogen (secondary N) is 1. The molecular formula is C17H24N2O3. The molecule has 0 bridgehead atoms. The molecule has 1 atom stereocenters. The average molecular weight is 304 g/mol. The number of hydrogen-bond acceptors (Lipinski definition) is 3. The van der Waals surface area contributed by atoms with Gasteiger partial charge in [0.25, 0.3) is 5.91 Å². The molecule has 5 nitrogen and oxygen atoms in total. The first-order valence-corrected chi connectivity index (χ1v) is 7.32. The van der Waals surface area contributed by atoms with Gasteiger partial charge in [-0.15, -0.1) is 0 Å². The van der Waals surface area contributed by atoms with E-state index >= 15 is 0 Å². The fourth-order valence-electron chi connectivity index (χ4n) is 1.79. The zero-order chi connectivity index (χ0) is 16.5. The van der Waals surface area contributed by atoms with E-state index in [9.17, 15) is 9.59 Å². The number of amides is 2. The Bertz CT molecular complexity index is 538. The predicted octanol–water partition coefficient (Wildman–Crippen LogP) is 1.68. The van der Waals surface area contributed by atoms with Gasteiger partial charge in [-0.2, -0.15) is 0 Å². The monoisotopic (exact) mass is 304 g/mol. The van der Waals surface area contributed by atoms with E-state index in [1.54, 1.807) is 38.1 Å². The van der Waals surface area contributed by atoms with Crippen molar-refractivity contribution in [1.82, 2.24) is 10.2 Å². The molecule has 0 saturated heterocycles. The zero-order valence-corrected chi connectivity index (χ0v) is 13.4. The highest BCUT2D eigenvalue weighted by Gasteiger charge is 2.08. The summed E-state index contributed by atoms with van der Waals surface area (Å²) < 4.78 is 0. The largest absolute Gasteiger partial charge is 0.394 e. The minimum atomic E-state index is -0.274. The summed E-state index contributed by atoms with van der Waals surface area (Å²) in [6.07, 6.45) is 4.95. The lowest BCUT2D eigenvalue weighted by Gasteiger charge is -2.11. The van der Waals surface area contributed by atoms with Crippen molar-refractivity contribution in [3.8, 4) is 0 Å². The summed E-state index contributed by atoms with van der Waals surface area (Å²) in [6.45, 7) is 1.65. The Balaban J connectivity index is 2.60. The highest BCUT2D eigenvalue weighted by molar-refractivity contribution is 5.94. The van der Waals surface area contributed by atoms with Crippen LogP contribution in [0.25, 0.3) is 6.08 Å². The van der Waals surface area contributed by atoms with E-state index in [0.29, 0.717) is 18.4 Å². The number of aliphatic hydroxyl groups is 1. The first-order valence-electron chi connectivity index (χ1n) is 7.32. The minimum absolute atomic E-state index is 0.0920. The maximum absolute atomic E-state index is 12.0. The van der Waals surface area contributed by atoms with Gasteiger partial charge in [0.1, 0.15) is 0 Å². The highest BCUT2D eigenvalue weighted by Crippen LogP contribution is 2.09. The zero-order valence-electron chi connectivity index (χ0n) is 13.4. The molecule has 1 aromatic rings. The summed E-state index contributed by atoms with van der Waals surface area (Å²) in [6, 6.07) is 6.94. The van der Waals surface area contributed by atoms with Gasteiger partial charge in [0.15, 0.2) is 0 Å². The molecule has 0 spiro atoms. The molecule has 2 N–H and O–H groups in total. The molecule has 0 aromatic heterocycles. The summed E-state index contributed by atoms with van der Waals surface area (Å²) in [5, 5.41) is 11.7.